The normalized spacial score (nSPS) is 10.1. The highest BCUT2D eigenvalue weighted by Crippen LogP contribution is 2.30. The molecule has 0 aliphatic carbocycles. The van der Waals surface area contributed by atoms with Crippen LogP contribution in [0.1, 0.15) is 10.4 Å². The second-order valence-electron chi connectivity index (χ2n) is 6.02. The lowest BCUT2D eigenvalue weighted by atomic mass is 10.2. The molecular formula is C22H20N2O5. The molecule has 3 aromatic carbocycles. The smallest absolute Gasteiger partial charge is 0.255 e. The number of hydrogen-bond acceptors (Lipinski definition) is 5. The fraction of sp³-hybridized carbons (Fsp3) is 0.0909. The summed E-state index contributed by atoms with van der Waals surface area (Å²) >= 11 is 0. The molecule has 0 saturated heterocycles. The summed E-state index contributed by atoms with van der Waals surface area (Å²) in [6, 6.07) is 21.0. The van der Waals surface area contributed by atoms with Gasteiger partial charge in [-0.15, -0.1) is 0 Å². The molecule has 3 N–H and O–H groups in total. The van der Waals surface area contributed by atoms with E-state index in [4.69, 9.17) is 19.9 Å². The second-order valence-corrected chi connectivity index (χ2v) is 6.02. The topological polar surface area (TPSA) is 99.9 Å². The molecule has 0 aliphatic rings. The lowest BCUT2D eigenvalue weighted by Crippen LogP contribution is -2.20. The summed E-state index contributed by atoms with van der Waals surface area (Å²) in [6.45, 7) is -0.299. The van der Waals surface area contributed by atoms with Gasteiger partial charge in [0, 0.05) is 17.3 Å². The van der Waals surface area contributed by atoms with Crippen LogP contribution in [0.25, 0.3) is 0 Å². The first-order valence-corrected chi connectivity index (χ1v) is 8.78. The maximum Gasteiger partial charge on any atom is 0.255 e. The zero-order valence-electron chi connectivity index (χ0n) is 15.8. The zero-order valence-corrected chi connectivity index (χ0v) is 15.8. The minimum Gasteiger partial charge on any atom is -0.493 e. The number of ether oxygens (including phenoxy) is 3. The van der Waals surface area contributed by atoms with Crippen molar-refractivity contribution in [3.63, 3.8) is 0 Å². The average molecular weight is 392 g/mol. The Morgan fingerprint density at radius 2 is 1.66 bits per heavy atom. The van der Waals surface area contributed by atoms with Crippen LogP contribution in [0.2, 0.25) is 0 Å². The maximum atomic E-state index is 12.6. The SMILES string of the molecule is COc1ccc(NC(=O)c2cccc(Oc3ccccc3)c2)cc1OCC(N)=O. The van der Waals surface area contributed by atoms with E-state index in [9.17, 15) is 9.59 Å². The predicted molar refractivity (Wildman–Crippen MR) is 109 cm³/mol. The second kappa shape index (κ2) is 9.27. The summed E-state index contributed by atoms with van der Waals surface area (Å²) in [6.07, 6.45) is 0. The van der Waals surface area contributed by atoms with Crippen molar-refractivity contribution in [3.8, 4) is 23.0 Å². The summed E-state index contributed by atoms with van der Waals surface area (Å²) in [5.41, 5.74) is 6.01. The Morgan fingerprint density at radius 1 is 0.897 bits per heavy atom. The van der Waals surface area contributed by atoms with Gasteiger partial charge in [0.15, 0.2) is 18.1 Å². The third-order valence-electron chi connectivity index (χ3n) is 3.87. The molecule has 7 heteroatoms. The predicted octanol–water partition coefficient (Wildman–Crippen LogP) is 3.60. The van der Waals surface area contributed by atoms with E-state index in [1.807, 2.05) is 30.3 Å². The molecule has 2 amide bonds. The van der Waals surface area contributed by atoms with Gasteiger partial charge in [-0.1, -0.05) is 24.3 Å². The minimum atomic E-state index is -0.614. The molecule has 3 aromatic rings. The molecule has 0 aromatic heterocycles. The Morgan fingerprint density at radius 3 is 2.38 bits per heavy atom. The molecular weight excluding hydrogens is 372 g/mol. The van der Waals surface area contributed by atoms with E-state index in [1.165, 1.54) is 7.11 Å². The van der Waals surface area contributed by atoms with Crippen LogP contribution in [-0.2, 0) is 4.79 Å². The number of rotatable bonds is 8. The van der Waals surface area contributed by atoms with Gasteiger partial charge in [-0.2, -0.15) is 0 Å². The zero-order chi connectivity index (χ0) is 20.6. The van der Waals surface area contributed by atoms with E-state index in [1.54, 1.807) is 42.5 Å². The highest BCUT2D eigenvalue weighted by Gasteiger charge is 2.11. The Hall–Kier alpha value is -4.00. The first kappa shape index (κ1) is 19.8. The van der Waals surface area contributed by atoms with Crippen LogP contribution in [0.15, 0.2) is 72.8 Å². The van der Waals surface area contributed by atoms with Crippen molar-refractivity contribution >= 4 is 17.5 Å². The van der Waals surface area contributed by atoms with E-state index in [0.29, 0.717) is 34.2 Å². The molecule has 0 atom stereocenters. The summed E-state index contributed by atoms with van der Waals surface area (Å²) in [4.78, 5) is 23.6. The van der Waals surface area contributed by atoms with Crippen LogP contribution >= 0.6 is 0 Å². The molecule has 0 bridgehead atoms. The Labute approximate surface area is 168 Å². The van der Waals surface area contributed by atoms with Crippen LogP contribution < -0.4 is 25.3 Å². The van der Waals surface area contributed by atoms with Gasteiger partial charge in [0.25, 0.3) is 11.8 Å². The number of carbonyl (C=O) groups excluding carboxylic acids is 2. The lowest BCUT2D eigenvalue weighted by Gasteiger charge is -2.12. The van der Waals surface area contributed by atoms with Gasteiger partial charge >= 0.3 is 0 Å². The number of methoxy groups -OCH3 is 1. The number of nitrogens with one attached hydrogen (secondary N) is 1. The van der Waals surface area contributed by atoms with Gasteiger partial charge < -0.3 is 25.3 Å². The molecule has 0 unspecified atom stereocenters. The summed E-state index contributed by atoms with van der Waals surface area (Å²) in [5.74, 6) is 1.000. The van der Waals surface area contributed by atoms with Crippen LogP contribution in [-0.4, -0.2) is 25.5 Å². The standard InChI is InChI=1S/C22H20N2O5/c1-27-19-11-10-16(13-20(19)28-14-21(23)25)24-22(26)15-6-5-9-18(12-15)29-17-7-3-2-4-8-17/h2-13H,14H2,1H3,(H2,23,25)(H,24,26). The fourth-order valence-corrected chi connectivity index (χ4v) is 2.54. The Kier molecular flexibility index (Phi) is 6.32. The summed E-state index contributed by atoms with van der Waals surface area (Å²) < 4.78 is 16.3. The molecule has 0 fully saturated rings. The molecule has 7 nitrogen and oxygen atoms in total. The average Bonchev–Trinajstić information content (AvgIpc) is 2.73. The van der Waals surface area contributed by atoms with E-state index in [-0.39, 0.29) is 12.5 Å². The third-order valence-corrected chi connectivity index (χ3v) is 3.87. The molecule has 0 radical (unpaired) electrons. The molecule has 148 valence electrons. The van der Waals surface area contributed by atoms with Crippen molar-refractivity contribution in [1.82, 2.24) is 0 Å². The molecule has 0 aliphatic heterocycles. The van der Waals surface area contributed by atoms with Gasteiger partial charge in [-0.3, -0.25) is 9.59 Å². The van der Waals surface area contributed by atoms with E-state index in [0.717, 1.165) is 0 Å². The third kappa shape index (κ3) is 5.49. The van der Waals surface area contributed by atoms with Gasteiger partial charge in [-0.05, 0) is 42.5 Å². The van der Waals surface area contributed by atoms with Crippen molar-refractivity contribution in [2.75, 3.05) is 19.0 Å². The van der Waals surface area contributed by atoms with Gasteiger partial charge in [-0.25, -0.2) is 0 Å². The van der Waals surface area contributed by atoms with E-state index in [2.05, 4.69) is 5.32 Å². The molecule has 0 heterocycles. The quantitative estimate of drug-likeness (QED) is 0.610. The first-order chi connectivity index (χ1) is 14.0. The van der Waals surface area contributed by atoms with Gasteiger partial charge in [0.05, 0.1) is 7.11 Å². The number of primary amides is 1. The molecule has 0 saturated carbocycles. The first-order valence-electron chi connectivity index (χ1n) is 8.78. The summed E-state index contributed by atoms with van der Waals surface area (Å²) in [7, 11) is 1.48. The molecule has 29 heavy (non-hydrogen) atoms. The van der Waals surface area contributed by atoms with Crippen LogP contribution in [0, 0.1) is 0 Å². The van der Waals surface area contributed by atoms with Crippen molar-refractivity contribution in [2.45, 2.75) is 0 Å². The highest BCUT2D eigenvalue weighted by atomic mass is 16.5. The lowest BCUT2D eigenvalue weighted by molar-refractivity contribution is -0.119. The Bertz CT molecular complexity index is 1010. The van der Waals surface area contributed by atoms with Crippen LogP contribution in [0.4, 0.5) is 5.69 Å². The Balaban J connectivity index is 1.73. The minimum absolute atomic E-state index is 0.297. The van der Waals surface area contributed by atoms with Crippen LogP contribution in [0.3, 0.4) is 0 Å². The van der Waals surface area contributed by atoms with Crippen molar-refractivity contribution < 1.29 is 23.8 Å². The van der Waals surface area contributed by atoms with Crippen molar-refractivity contribution in [1.29, 1.82) is 0 Å². The highest BCUT2D eigenvalue weighted by molar-refractivity contribution is 6.04. The number of nitrogens with two attached hydrogens (primary N) is 1. The van der Waals surface area contributed by atoms with Crippen molar-refractivity contribution in [3.05, 3.63) is 78.4 Å². The number of anilines is 1. The maximum absolute atomic E-state index is 12.6. The summed E-state index contributed by atoms with van der Waals surface area (Å²) in [5, 5.41) is 2.78. The monoisotopic (exact) mass is 392 g/mol. The van der Waals surface area contributed by atoms with Crippen LogP contribution in [0.5, 0.6) is 23.0 Å². The molecule has 0 spiro atoms. The van der Waals surface area contributed by atoms with Crippen molar-refractivity contribution in [2.24, 2.45) is 5.73 Å². The van der Waals surface area contributed by atoms with E-state index < -0.39 is 5.91 Å². The van der Waals surface area contributed by atoms with E-state index >= 15 is 0 Å². The fourth-order valence-electron chi connectivity index (χ4n) is 2.54. The number of carbonyl (C=O) groups is 2. The molecule has 3 rings (SSSR count). The van der Waals surface area contributed by atoms with Gasteiger partial charge in [0.1, 0.15) is 11.5 Å². The number of benzene rings is 3. The number of para-hydroxylation sites is 1. The van der Waals surface area contributed by atoms with Gasteiger partial charge in [0.2, 0.25) is 0 Å². The number of hydrogen-bond donors (Lipinski definition) is 2. The largest absolute Gasteiger partial charge is 0.493 e. The number of amides is 2.